The number of carbonyl (C=O) groups excluding carboxylic acids is 1. The van der Waals surface area contributed by atoms with E-state index < -0.39 is 11.9 Å². The van der Waals surface area contributed by atoms with Crippen molar-refractivity contribution in [3.8, 4) is 0 Å². The van der Waals surface area contributed by atoms with Gasteiger partial charge < -0.3 is 10.0 Å². The Morgan fingerprint density at radius 3 is 2.71 bits per heavy atom. The van der Waals surface area contributed by atoms with Gasteiger partial charge in [-0.2, -0.15) is 0 Å². The fourth-order valence-corrected chi connectivity index (χ4v) is 3.34. The number of carbonyl (C=O) groups is 2. The molecule has 2 unspecified atom stereocenters. The van der Waals surface area contributed by atoms with E-state index in [-0.39, 0.29) is 11.8 Å². The van der Waals surface area contributed by atoms with Gasteiger partial charge in [-0.15, -0.1) is 0 Å². The van der Waals surface area contributed by atoms with E-state index >= 15 is 0 Å². The van der Waals surface area contributed by atoms with Crippen molar-refractivity contribution < 1.29 is 14.7 Å². The van der Waals surface area contributed by atoms with E-state index in [1.165, 1.54) is 0 Å². The van der Waals surface area contributed by atoms with Crippen molar-refractivity contribution in [3.05, 3.63) is 33.8 Å². The normalized spacial score (nSPS) is 22.1. The van der Waals surface area contributed by atoms with Crippen molar-refractivity contribution >= 4 is 27.8 Å². The summed E-state index contributed by atoms with van der Waals surface area (Å²) < 4.78 is 0.994. The summed E-state index contributed by atoms with van der Waals surface area (Å²) in [6, 6.07) is 5.86. The number of likely N-dealkylation sites (tertiary alicyclic amines) is 1. The van der Waals surface area contributed by atoms with Crippen LogP contribution in [-0.4, -0.2) is 35.0 Å². The lowest BCUT2D eigenvalue weighted by molar-refractivity contribution is -0.146. The third-order valence-corrected chi connectivity index (χ3v) is 4.50. The minimum absolute atomic E-state index is 0.0122. The number of rotatable bonds is 3. The number of carboxylic acid groups (broad SMARTS) is 1. The van der Waals surface area contributed by atoms with E-state index in [9.17, 15) is 14.7 Å². The third-order valence-electron chi connectivity index (χ3n) is 4.01. The molecule has 1 aliphatic rings. The number of carboxylic acids is 1. The van der Waals surface area contributed by atoms with Gasteiger partial charge in [0.25, 0.3) is 0 Å². The summed E-state index contributed by atoms with van der Waals surface area (Å²) in [5, 5.41) is 9.18. The average Bonchev–Trinajstić information content (AvgIpc) is 2.41. The number of aryl methyl sites for hydroxylation is 1. The molecule has 4 nitrogen and oxygen atoms in total. The molecule has 21 heavy (non-hydrogen) atoms. The molecule has 0 aromatic heterocycles. The van der Waals surface area contributed by atoms with Crippen LogP contribution < -0.4 is 0 Å². The van der Waals surface area contributed by atoms with Gasteiger partial charge in [-0.1, -0.05) is 28.9 Å². The van der Waals surface area contributed by atoms with Crippen LogP contribution in [0.1, 0.15) is 24.5 Å². The van der Waals surface area contributed by atoms with Gasteiger partial charge in [-0.05, 0) is 42.5 Å². The third kappa shape index (κ3) is 4.06. The molecule has 1 saturated heterocycles. The topological polar surface area (TPSA) is 57.6 Å². The zero-order chi connectivity index (χ0) is 15.6. The minimum Gasteiger partial charge on any atom is -0.481 e. The first-order chi connectivity index (χ1) is 9.86. The summed E-state index contributed by atoms with van der Waals surface area (Å²) >= 11 is 3.41. The molecule has 114 valence electrons. The Bertz CT molecular complexity index is 558. The molecule has 1 N–H and O–H groups in total. The Labute approximate surface area is 133 Å². The van der Waals surface area contributed by atoms with Crippen LogP contribution in [0.2, 0.25) is 0 Å². The van der Waals surface area contributed by atoms with Crippen molar-refractivity contribution in [2.45, 2.75) is 26.7 Å². The van der Waals surface area contributed by atoms with Gasteiger partial charge in [0.2, 0.25) is 5.91 Å². The summed E-state index contributed by atoms with van der Waals surface area (Å²) in [6.07, 6.45) is 0.981. The van der Waals surface area contributed by atoms with Crippen molar-refractivity contribution in [2.75, 3.05) is 13.1 Å². The van der Waals surface area contributed by atoms with E-state index in [1.807, 2.05) is 32.0 Å². The highest BCUT2D eigenvalue weighted by molar-refractivity contribution is 9.10. The highest BCUT2D eigenvalue weighted by Crippen LogP contribution is 2.23. The first-order valence-electron chi connectivity index (χ1n) is 7.12. The quantitative estimate of drug-likeness (QED) is 0.908. The van der Waals surface area contributed by atoms with Gasteiger partial charge in [-0.25, -0.2) is 0 Å². The molecule has 1 amide bonds. The van der Waals surface area contributed by atoms with E-state index in [2.05, 4.69) is 15.9 Å². The van der Waals surface area contributed by atoms with E-state index in [4.69, 9.17) is 0 Å². The van der Waals surface area contributed by atoms with Crippen LogP contribution in [0.4, 0.5) is 0 Å². The van der Waals surface area contributed by atoms with Gasteiger partial charge in [0.15, 0.2) is 0 Å². The Hall–Kier alpha value is -1.36. The van der Waals surface area contributed by atoms with E-state index in [0.717, 1.165) is 15.6 Å². The molecule has 0 aliphatic carbocycles. The lowest BCUT2D eigenvalue weighted by Crippen LogP contribution is -2.46. The number of aliphatic carboxylic acids is 1. The van der Waals surface area contributed by atoms with Crippen LogP contribution in [0.5, 0.6) is 0 Å². The molecule has 5 heteroatoms. The second-order valence-corrected chi connectivity index (χ2v) is 6.84. The summed E-state index contributed by atoms with van der Waals surface area (Å²) in [7, 11) is 0. The van der Waals surface area contributed by atoms with E-state index in [1.54, 1.807) is 4.90 Å². The molecular formula is C16H20BrNO3. The monoisotopic (exact) mass is 353 g/mol. The molecule has 1 aromatic carbocycles. The highest BCUT2D eigenvalue weighted by atomic mass is 79.9. The Morgan fingerprint density at radius 1 is 1.38 bits per heavy atom. The minimum atomic E-state index is -0.806. The molecule has 0 bridgehead atoms. The van der Waals surface area contributed by atoms with Crippen LogP contribution in [0.3, 0.4) is 0 Å². The Morgan fingerprint density at radius 2 is 2.10 bits per heavy atom. The number of piperidine rings is 1. The first kappa shape index (κ1) is 16.0. The molecule has 0 saturated carbocycles. The first-order valence-corrected chi connectivity index (χ1v) is 7.91. The predicted octanol–water partition coefficient (Wildman–Crippen LogP) is 2.87. The lowest BCUT2D eigenvalue weighted by atomic mass is 9.90. The number of halogens is 1. The fourth-order valence-electron chi connectivity index (χ4n) is 2.87. The number of benzene rings is 1. The van der Waals surface area contributed by atoms with Crippen LogP contribution >= 0.6 is 15.9 Å². The van der Waals surface area contributed by atoms with Crippen LogP contribution in [0.15, 0.2) is 22.7 Å². The molecule has 2 rings (SSSR count). The van der Waals surface area contributed by atoms with Crippen LogP contribution in [0.25, 0.3) is 0 Å². The van der Waals surface area contributed by atoms with Crippen molar-refractivity contribution in [3.63, 3.8) is 0 Å². The van der Waals surface area contributed by atoms with Gasteiger partial charge in [-0.3, -0.25) is 9.59 Å². The fraction of sp³-hybridized carbons (Fsp3) is 0.500. The number of hydrogen-bond donors (Lipinski definition) is 1. The molecule has 1 fully saturated rings. The summed E-state index contributed by atoms with van der Waals surface area (Å²) in [4.78, 5) is 25.3. The molecule has 1 heterocycles. The maximum atomic E-state index is 12.4. The van der Waals surface area contributed by atoms with Gasteiger partial charge in [0.1, 0.15) is 0 Å². The SMILES string of the molecule is Cc1cc(Br)ccc1CC(=O)N1CC(C)CC(C(=O)O)C1. The molecule has 2 atom stereocenters. The second-order valence-electron chi connectivity index (χ2n) is 5.92. The molecular weight excluding hydrogens is 334 g/mol. The molecule has 1 aliphatic heterocycles. The second kappa shape index (κ2) is 6.60. The Kier molecular flexibility index (Phi) is 5.04. The standard InChI is InChI=1S/C16H20BrNO3/c1-10-5-13(16(20)21)9-18(8-10)15(19)7-12-3-4-14(17)6-11(12)2/h3-4,6,10,13H,5,7-9H2,1-2H3,(H,20,21). The predicted molar refractivity (Wildman–Crippen MR) is 84.1 cm³/mol. The summed E-state index contributed by atoms with van der Waals surface area (Å²) in [6.45, 7) is 4.96. The largest absolute Gasteiger partial charge is 0.481 e. The van der Waals surface area contributed by atoms with Crippen molar-refractivity contribution in [2.24, 2.45) is 11.8 Å². The summed E-state index contributed by atoms with van der Waals surface area (Å²) in [5.41, 5.74) is 2.06. The van der Waals surface area contributed by atoms with Crippen molar-refractivity contribution in [1.29, 1.82) is 0 Å². The maximum absolute atomic E-state index is 12.4. The zero-order valence-corrected chi connectivity index (χ0v) is 13.9. The summed E-state index contributed by atoms with van der Waals surface area (Å²) in [5.74, 6) is -1.00. The highest BCUT2D eigenvalue weighted by Gasteiger charge is 2.31. The van der Waals surface area contributed by atoms with Crippen LogP contribution in [-0.2, 0) is 16.0 Å². The number of amides is 1. The van der Waals surface area contributed by atoms with Crippen LogP contribution in [0, 0.1) is 18.8 Å². The zero-order valence-electron chi connectivity index (χ0n) is 12.3. The van der Waals surface area contributed by atoms with Gasteiger partial charge in [0, 0.05) is 17.6 Å². The molecule has 0 spiro atoms. The maximum Gasteiger partial charge on any atom is 0.308 e. The Balaban J connectivity index is 2.07. The lowest BCUT2D eigenvalue weighted by Gasteiger charge is -2.34. The molecule has 0 radical (unpaired) electrons. The van der Waals surface area contributed by atoms with Crippen molar-refractivity contribution in [1.82, 2.24) is 4.90 Å². The molecule has 1 aromatic rings. The number of nitrogens with zero attached hydrogens (tertiary/aromatic N) is 1. The average molecular weight is 354 g/mol. The van der Waals surface area contributed by atoms with Gasteiger partial charge >= 0.3 is 5.97 Å². The smallest absolute Gasteiger partial charge is 0.308 e. The van der Waals surface area contributed by atoms with Gasteiger partial charge in [0.05, 0.1) is 12.3 Å². The number of hydrogen-bond acceptors (Lipinski definition) is 2. The van der Waals surface area contributed by atoms with E-state index in [0.29, 0.717) is 25.9 Å².